The van der Waals surface area contributed by atoms with Gasteiger partial charge < -0.3 is 10.6 Å². The second-order valence-corrected chi connectivity index (χ2v) is 8.57. The molecule has 0 fully saturated rings. The Bertz CT molecular complexity index is 1090. The van der Waals surface area contributed by atoms with Crippen molar-refractivity contribution >= 4 is 11.7 Å². The van der Waals surface area contributed by atoms with Crippen molar-refractivity contribution in [2.45, 2.75) is 39.7 Å². The second kappa shape index (κ2) is 7.89. The van der Waals surface area contributed by atoms with E-state index in [4.69, 9.17) is 0 Å². The lowest BCUT2D eigenvalue weighted by molar-refractivity contribution is 0.0963. The summed E-state index contributed by atoms with van der Waals surface area (Å²) in [6.07, 6.45) is 2.94. The fourth-order valence-electron chi connectivity index (χ4n) is 3.97. The number of aromatic amines is 1. The molecule has 30 heavy (non-hydrogen) atoms. The molecule has 0 atom stereocenters. The van der Waals surface area contributed by atoms with Gasteiger partial charge in [0.05, 0.1) is 5.69 Å². The van der Waals surface area contributed by atoms with E-state index >= 15 is 0 Å². The molecule has 2 heterocycles. The molecule has 0 saturated carbocycles. The molecule has 0 spiro atoms. The Morgan fingerprint density at radius 2 is 2.10 bits per heavy atom. The zero-order valence-corrected chi connectivity index (χ0v) is 17.5. The first kappa shape index (κ1) is 20.1. The molecule has 0 saturated heterocycles. The normalized spacial score (nSPS) is 14.8. The summed E-state index contributed by atoms with van der Waals surface area (Å²) in [4.78, 5) is 15.8. The third-order valence-corrected chi connectivity index (χ3v) is 5.62. The summed E-state index contributed by atoms with van der Waals surface area (Å²) in [6, 6.07) is 10.5. The number of halogens is 1. The number of pyridine rings is 1. The minimum absolute atomic E-state index is 0.144. The van der Waals surface area contributed by atoms with Gasteiger partial charge in [-0.2, -0.15) is 9.49 Å². The van der Waals surface area contributed by atoms with Gasteiger partial charge in [-0.1, -0.05) is 26.0 Å². The van der Waals surface area contributed by atoms with Gasteiger partial charge in [0.2, 0.25) is 5.95 Å². The van der Waals surface area contributed by atoms with Crippen molar-refractivity contribution in [1.82, 2.24) is 20.5 Å². The maximum absolute atomic E-state index is 14.3. The van der Waals surface area contributed by atoms with Crippen LogP contribution in [0.25, 0.3) is 11.3 Å². The Kier molecular flexibility index (Phi) is 5.28. The van der Waals surface area contributed by atoms with Crippen molar-refractivity contribution in [1.29, 1.82) is 0 Å². The number of H-pyrrole nitrogens is 1. The molecule has 1 amide bonds. The van der Waals surface area contributed by atoms with Gasteiger partial charge in [0.25, 0.3) is 5.91 Å². The van der Waals surface area contributed by atoms with Crippen molar-refractivity contribution in [3.05, 3.63) is 64.7 Å². The summed E-state index contributed by atoms with van der Waals surface area (Å²) >= 11 is 0. The molecule has 1 aliphatic rings. The summed E-state index contributed by atoms with van der Waals surface area (Å²) in [5.74, 6) is -0.264. The minimum Gasteiger partial charge on any atom is -0.366 e. The van der Waals surface area contributed by atoms with Crippen molar-refractivity contribution in [2.75, 3.05) is 12.4 Å². The molecule has 1 aromatic carbocycles. The Balaban J connectivity index is 1.55. The van der Waals surface area contributed by atoms with E-state index in [0.29, 0.717) is 23.5 Å². The fourth-order valence-corrected chi connectivity index (χ4v) is 3.97. The molecule has 156 valence electrons. The zero-order chi connectivity index (χ0) is 21.3. The molecule has 2 aromatic heterocycles. The highest BCUT2D eigenvalue weighted by Crippen LogP contribution is 2.38. The third-order valence-electron chi connectivity index (χ3n) is 5.62. The minimum atomic E-state index is -0.554. The van der Waals surface area contributed by atoms with Gasteiger partial charge in [0.1, 0.15) is 5.82 Å². The van der Waals surface area contributed by atoms with Gasteiger partial charge in [-0.3, -0.25) is 9.89 Å². The van der Waals surface area contributed by atoms with Crippen LogP contribution in [0.4, 0.5) is 10.2 Å². The van der Waals surface area contributed by atoms with Crippen molar-refractivity contribution in [3.63, 3.8) is 0 Å². The molecule has 1 aliphatic carbocycles. The molecule has 6 nitrogen and oxygen atoms in total. The SMILES string of the molecule is CNC(=O)c1cccc(CNc2cc(-c3n[nH]c4c3CCC(C)(C)C4)cc(F)n2)c1. The number of nitrogens with zero attached hydrogens (tertiary/aromatic N) is 2. The van der Waals surface area contributed by atoms with Crippen LogP contribution in [0.15, 0.2) is 36.4 Å². The lowest BCUT2D eigenvalue weighted by Crippen LogP contribution is -2.21. The quantitative estimate of drug-likeness (QED) is 0.556. The maximum Gasteiger partial charge on any atom is 0.251 e. The van der Waals surface area contributed by atoms with Crippen LogP contribution in [0.3, 0.4) is 0 Å². The standard InChI is InChI=1S/C23H26FN5O/c1-23(2)8-7-17-18(12-23)28-29-21(17)16-10-19(24)27-20(11-16)26-13-14-5-4-6-15(9-14)22(30)25-3/h4-6,9-11H,7-8,12-13H2,1-3H3,(H,25,30)(H,26,27)(H,28,29). The highest BCUT2D eigenvalue weighted by Gasteiger charge is 2.29. The lowest BCUT2D eigenvalue weighted by Gasteiger charge is -2.29. The Labute approximate surface area is 175 Å². The topological polar surface area (TPSA) is 82.7 Å². The number of hydrogen-bond acceptors (Lipinski definition) is 4. The smallest absolute Gasteiger partial charge is 0.251 e. The number of carbonyl (C=O) groups excluding carboxylic acids is 1. The number of rotatable bonds is 5. The number of hydrogen-bond donors (Lipinski definition) is 3. The van der Waals surface area contributed by atoms with E-state index in [2.05, 4.69) is 39.7 Å². The van der Waals surface area contributed by atoms with Crippen LogP contribution in [0.2, 0.25) is 0 Å². The van der Waals surface area contributed by atoms with Crippen molar-refractivity contribution in [2.24, 2.45) is 5.41 Å². The molecular weight excluding hydrogens is 381 g/mol. The fraction of sp³-hybridized carbons (Fsp3) is 0.348. The molecular formula is C23H26FN5O. The molecule has 3 N–H and O–H groups in total. The molecule has 7 heteroatoms. The van der Waals surface area contributed by atoms with Crippen LogP contribution in [-0.4, -0.2) is 28.1 Å². The van der Waals surface area contributed by atoms with E-state index < -0.39 is 5.95 Å². The monoisotopic (exact) mass is 407 g/mol. The van der Waals surface area contributed by atoms with Gasteiger partial charge in [-0.25, -0.2) is 4.98 Å². The number of carbonyl (C=O) groups is 1. The van der Waals surface area contributed by atoms with Gasteiger partial charge in [-0.05, 0) is 48.4 Å². The highest BCUT2D eigenvalue weighted by atomic mass is 19.1. The van der Waals surface area contributed by atoms with Crippen molar-refractivity contribution in [3.8, 4) is 11.3 Å². The second-order valence-electron chi connectivity index (χ2n) is 8.57. The number of amides is 1. The molecule has 0 aliphatic heterocycles. The molecule has 0 radical (unpaired) electrons. The first-order chi connectivity index (χ1) is 14.3. The van der Waals surface area contributed by atoms with Crippen LogP contribution in [0.5, 0.6) is 0 Å². The van der Waals surface area contributed by atoms with E-state index in [9.17, 15) is 9.18 Å². The maximum atomic E-state index is 14.3. The predicted octanol–water partition coefficient (Wildman–Crippen LogP) is 4.10. The van der Waals surface area contributed by atoms with Gasteiger partial charge in [0, 0.05) is 42.0 Å². The molecule has 4 rings (SSSR count). The largest absolute Gasteiger partial charge is 0.366 e. The summed E-state index contributed by atoms with van der Waals surface area (Å²) in [5, 5.41) is 13.4. The van der Waals surface area contributed by atoms with Gasteiger partial charge in [0.15, 0.2) is 0 Å². The van der Waals surface area contributed by atoms with E-state index in [0.717, 1.165) is 36.2 Å². The lowest BCUT2D eigenvalue weighted by atomic mass is 9.76. The van der Waals surface area contributed by atoms with Crippen LogP contribution < -0.4 is 10.6 Å². The van der Waals surface area contributed by atoms with E-state index in [-0.39, 0.29) is 11.3 Å². The van der Waals surface area contributed by atoms with Crippen LogP contribution >= 0.6 is 0 Å². The van der Waals surface area contributed by atoms with Crippen LogP contribution in [0, 0.1) is 11.4 Å². The van der Waals surface area contributed by atoms with E-state index in [1.807, 2.05) is 18.2 Å². The summed E-state index contributed by atoms with van der Waals surface area (Å²) in [5.41, 5.74) is 5.55. The predicted molar refractivity (Wildman–Crippen MR) is 115 cm³/mol. The Morgan fingerprint density at radius 3 is 2.90 bits per heavy atom. The van der Waals surface area contributed by atoms with Crippen LogP contribution in [0.1, 0.15) is 47.4 Å². The van der Waals surface area contributed by atoms with Gasteiger partial charge >= 0.3 is 0 Å². The number of benzene rings is 1. The van der Waals surface area contributed by atoms with Crippen molar-refractivity contribution < 1.29 is 9.18 Å². The van der Waals surface area contributed by atoms with E-state index in [1.54, 1.807) is 19.2 Å². The molecule has 0 bridgehead atoms. The Morgan fingerprint density at radius 1 is 1.27 bits per heavy atom. The first-order valence-electron chi connectivity index (χ1n) is 10.1. The summed E-state index contributed by atoms with van der Waals surface area (Å²) in [6.45, 7) is 4.93. The third kappa shape index (κ3) is 4.20. The van der Waals surface area contributed by atoms with E-state index in [1.165, 1.54) is 11.6 Å². The molecule has 3 aromatic rings. The highest BCUT2D eigenvalue weighted by molar-refractivity contribution is 5.94. The Hall–Kier alpha value is -3.22. The average molecular weight is 407 g/mol. The summed E-state index contributed by atoms with van der Waals surface area (Å²) in [7, 11) is 1.60. The first-order valence-corrected chi connectivity index (χ1v) is 10.1. The van der Waals surface area contributed by atoms with Crippen LogP contribution in [-0.2, 0) is 19.4 Å². The van der Waals surface area contributed by atoms with Gasteiger partial charge in [-0.15, -0.1) is 0 Å². The molecule has 0 unspecified atom stereocenters. The number of aromatic nitrogens is 3. The zero-order valence-electron chi connectivity index (χ0n) is 17.5. The number of anilines is 1. The number of fused-ring (bicyclic) bond motifs is 1. The summed E-state index contributed by atoms with van der Waals surface area (Å²) < 4.78 is 14.3. The number of nitrogens with one attached hydrogen (secondary N) is 3. The average Bonchev–Trinajstić information content (AvgIpc) is 3.13.